The van der Waals surface area contributed by atoms with Gasteiger partial charge in [0.15, 0.2) is 0 Å². The zero-order valence-electron chi connectivity index (χ0n) is 8.74. The summed E-state index contributed by atoms with van der Waals surface area (Å²) in [5.41, 5.74) is 10.7. The molecule has 1 saturated heterocycles. The van der Waals surface area contributed by atoms with Gasteiger partial charge in [-0.2, -0.15) is 11.8 Å². The lowest BCUT2D eigenvalue weighted by Gasteiger charge is -2.11. The zero-order chi connectivity index (χ0) is 10.6. The Hall–Kier alpha value is -0.220. The fourth-order valence-corrected chi connectivity index (χ4v) is 3.40. The van der Waals surface area contributed by atoms with Gasteiger partial charge in [0.25, 0.3) is 0 Å². The first kappa shape index (κ1) is 11.9. The van der Waals surface area contributed by atoms with Crippen LogP contribution in [0.1, 0.15) is 32.6 Å². The number of carbonyl (C=O) groups is 1. The summed E-state index contributed by atoms with van der Waals surface area (Å²) in [6.45, 7) is 2.24. The molecule has 82 valence electrons. The molecule has 3 atom stereocenters. The molecule has 4 heteroatoms. The predicted molar refractivity (Wildman–Crippen MR) is 61.0 cm³/mol. The van der Waals surface area contributed by atoms with Crippen molar-refractivity contribution < 1.29 is 4.79 Å². The molecule has 0 aliphatic carbocycles. The molecule has 0 unspecified atom stereocenters. The Morgan fingerprint density at radius 3 is 2.86 bits per heavy atom. The second-order valence-electron chi connectivity index (χ2n) is 4.05. The lowest BCUT2D eigenvalue weighted by atomic mass is 9.99. The van der Waals surface area contributed by atoms with E-state index in [-0.39, 0.29) is 5.91 Å². The highest BCUT2D eigenvalue weighted by Crippen LogP contribution is 2.35. The van der Waals surface area contributed by atoms with Crippen molar-refractivity contribution in [2.45, 2.75) is 43.9 Å². The SMILES string of the molecule is CC[C@@H]1CS[C@@H](CC[C@H](N)C(N)=O)C1. The van der Waals surface area contributed by atoms with Gasteiger partial charge in [0, 0.05) is 5.25 Å². The summed E-state index contributed by atoms with van der Waals surface area (Å²) in [4.78, 5) is 10.7. The molecule has 1 amide bonds. The largest absolute Gasteiger partial charge is 0.368 e. The number of nitrogens with two attached hydrogens (primary N) is 2. The first-order chi connectivity index (χ1) is 6.63. The smallest absolute Gasteiger partial charge is 0.234 e. The maximum Gasteiger partial charge on any atom is 0.234 e. The van der Waals surface area contributed by atoms with Crippen molar-refractivity contribution in [2.75, 3.05) is 5.75 Å². The number of primary amides is 1. The molecule has 0 spiro atoms. The first-order valence-electron chi connectivity index (χ1n) is 5.30. The lowest BCUT2D eigenvalue weighted by Crippen LogP contribution is -2.36. The van der Waals surface area contributed by atoms with Gasteiger partial charge < -0.3 is 11.5 Å². The summed E-state index contributed by atoms with van der Waals surface area (Å²) < 4.78 is 0. The number of hydrogen-bond acceptors (Lipinski definition) is 3. The van der Waals surface area contributed by atoms with Crippen LogP contribution in [0.25, 0.3) is 0 Å². The molecule has 1 rings (SSSR count). The maximum atomic E-state index is 10.7. The van der Waals surface area contributed by atoms with Crippen LogP contribution >= 0.6 is 11.8 Å². The zero-order valence-corrected chi connectivity index (χ0v) is 9.56. The molecule has 0 aromatic carbocycles. The minimum Gasteiger partial charge on any atom is -0.368 e. The monoisotopic (exact) mass is 216 g/mol. The van der Waals surface area contributed by atoms with Gasteiger partial charge >= 0.3 is 0 Å². The normalized spacial score (nSPS) is 29.0. The lowest BCUT2D eigenvalue weighted by molar-refractivity contribution is -0.119. The second kappa shape index (κ2) is 5.61. The average Bonchev–Trinajstić information content (AvgIpc) is 2.61. The third kappa shape index (κ3) is 3.50. The van der Waals surface area contributed by atoms with Crippen LogP contribution in [-0.2, 0) is 4.79 Å². The second-order valence-corrected chi connectivity index (χ2v) is 5.38. The number of amides is 1. The van der Waals surface area contributed by atoms with Crippen LogP contribution in [0.4, 0.5) is 0 Å². The van der Waals surface area contributed by atoms with Crippen LogP contribution in [0.2, 0.25) is 0 Å². The third-order valence-corrected chi connectivity index (χ3v) is 4.47. The molecule has 0 radical (unpaired) electrons. The van der Waals surface area contributed by atoms with E-state index in [0.29, 0.717) is 5.25 Å². The fourth-order valence-electron chi connectivity index (χ4n) is 1.77. The van der Waals surface area contributed by atoms with Gasteiger partial charge in [-0.25, -0.2) is 0 Å². The number of rotatable bonds is 5. The van der Waals surface area contributed by atoms with Crippen molar-refractivity contribution in [1.29, 1.82) is 0 Å². The third-order valence-electron chi connectivity index (χ3n) is 2.91. The fraction of sp³-hybridized carbons (Fsp3) is 0.900. The van der Waals surface area contributed by atoms with E-state index in [4.69, 9.17) is 11.5 Å². The van der Waals surface area contributed by atoms with Crippen molar-refractivity contribution in [2.24, 2.45) is 17.4 Å². The van der Waals surface area contributed by atoms with E-state index in [9.17, 15) is 4.79 Å². The number of hydrogen-bond donors (Lipinski definition) is 2. The molecule has 0 bridgehead atoms. The summed E-state index contributed by atoms with van der Waals surface area (Å²) in [7, 11) is 0. The molecular weight excluding hydrogens is 196 g/mol. The van der Waals surface area contributed by atoms with Crippen LogP contribution in [0.5, 0.6) is 0 Å². The molecule has 0 saturated carbocycles. The Bertz CT molecular complexity index is 199. The van der Waals surface area contributed by atoms with Crippen LogP contribution < -0.4 is 11.5 Å². The molecule has 4 N–H and O–H groups in total. The van der Waals surface area contributed by atoms with Gasteiger partial charge in [-0.3, -0.25) is 4.79 Å². The van der Waals surface area contributed by atoms with Crippen molar-refractivity contribution in [3.63, 3.8) is 0 Å². The maximum absolute atomic E-state index is 10.7. The van der Waals surface area contributed by atoms with Crippen molar-refractivity contribution >= 4 is 17.7 Å². The van der Waals surface area contributed by atoms with Crippen molar-refractivity contribution in [3.8, 4) is 0 Å². The minimum atomic E-state index is -0.448. The Labute approximate surface area is 90.0 Å². The molecular formula is C10H20N2OS. The summed E-state index contributed by atoms with van der Waals surface area (Å²) in [5, 5.41) is 0.699. The molecule has 1 aliphatic rings. The summed E-state index contributed by atoms with van der Waals surface area (Å²) in [6, 6.07) is -0.448. The summed E-state index contributed by atoms with van der Waals surface area (Å²) in [5.74, 6) is 1.77. The average molecular weight is 216 g/mol. The van der Waals surface area contributed by atoms with Crippen molar-refractivity contribution in [3.05, 3.63) is 0 Å². The van der Waals surface area contributed by atoms with Crippen LogP contribution in [-0.4, -0.2) is 23.0 Å². The minimum absolute atomic E-state index is 0.375. The highest BCUT2D eigenvalue weighted by Gasteiger charge is 2.24. The van der Waals surface area contributed by atoms with E-state index < -0.39 is 6.04 Å². The molecule has 3 nitrogen and oxygen atoms in total. The van der Waals surface area contributed by atoms with Gasteiger partial charge in [-0.15, -0.1) is 0 Å². The predicted octanol–water partition coefficient (Wildman–Crippen LogP) is 1.11. The summed E-state index contributed by atoms with van der Waals surface area (Å²) in [6.07, 6.45) is 4.33. The Morgan fingerprint density at radius 1 is 1.64 bits per heavy atom. The van der Waals surface area contributed by atoms with Gasteiger partial charge in [-0.1, -0.05) is 13.3 Å². The van der Waals surface area contributed by atoms with E-state index >= 15 is 0 Å². The van der Waals surface area contributed by atoms with E-state index in [1.165, 1.54) is 18.6 Å². The highest BCUT2D eigenvalue weighted by atomic mass is 32.2. The number of carbonyl (C=O) groups excluding carboxylic acids is 1. The topological polar surface area (TPSA) is 69.1 Å². The molecule has 0 aromatic heterocycles. The van der Waals surface area contributed by atoms with Gasteiger partial charge in [0.1, 0.15) is 0 Å². The summed E-state index contributed by atoms with van der Waals surface area (Å²) >= 11 is 2.02. The van der Waals surface area contributed by atoms with E-state index in [1.807, 2.05) is 11.8 Å². The first-order valence-corrected chi connectivity index (χ1v) is 6.34. The number of thioether (sulfide) groups is 1. The van der Waals surface area contributed by atoms with E-state index in [0.717, 1.165) is 18.8 Å². The van der Waals surface area contributed by atoms with Gasteiger partial charge in [0.2, 0.25) is 5.91 Å². The van der Waals surface area contributed by atoms with Gasteiger partial charge in [0.05, 0.1) is 6.04 Å². The van der Waals surface area contributed by atoms with Crippen LogP contribution in [0, 0.1) is 5.92 Å². The van der Waals surface area contributed by atoms with E-state index in [2.05, 4.69) is 6.92 Å². The Morgan fingerprint density at radius 2 is 2.36 bits per heavy atom. The molecule has 1 aliphatic heterocycles. The molecule has 0 aromatic rings. The van der Waals surface area contributed by atoms with Crippen LogP contribution in [0.15, 0.2) is 0 Å². The molecule has 14 heavy (non-hydrogen) atoms. The van der Waals surface area contributed by atoms with Crippen molar-refractivity contribution in [1.82, 2.24) is 0 Å². The Balaban J connectivity index is 2.17. The molecule has 1 heterocycles. The van der Waals surface area contributed by atoms with Crippen LogP contribution in [0.3, 0.4) is 0 Å². The molecule has 1 fully saturated rings. The highest BCUT2D eigenvalue weighted by molar-refractivity contribution is 8.00. The van der Waals surface area contributed by atoms with E-state index in [1.54, 1.807) is 0 Å². The van der Waals surface area contributed by atoms with Gasteiger partial charge in [-0.05, 0) is 30.9 Å². The quantitative estimate of drug-likeness (QED) is 0.723. The standard InChI is InChI=1S/C10H20N2OS/c1-2-7-5-8(14-6-7)3-4-9(11)10(12)13/h7-9H,2-6,11H2,1H3,(H2,12,13)/t7-,8-,9-/m0/s1. The Kier molecular flexibility index (Phi) is 4.75.